The molecule has 3 rings (SSSR count). The number of nitrogens with zero attached hydrogens (tertiary/aromatic N) is 1. The average Bonchev–Trinajstić information content (AvgIpc) is 2.49. The van der Waals surface area contributed by atoms with Crippen LogP contribution in [0.3, 0.4) is 0 Å². The van der Waals surface area contributed by atoms with Crippen molar-refractivity contribution in [2.45, 2.75) is 12.5 Å². The van der Waals surface area contributed by atoms with E-state index in [-0.39, 0.29) is 6.04 Å². The number of pyridine rings is 1. The predicted molar refractivity (Wildman–Crippen MR) is 83.8 cm³/mol. The summed E-state index contributed by atoms with van der Waals surface area (Å²) in [6.07, 6.45) is 2.52. The van der Waals surface area contributed by atoms with Crippen LogP contribution in [0, 0.1) is 0 Å². The van der Waals surface area contributed by atoms with E-state index in [0.29, 0.717) is 0 Å². The molecule has 0 radical (unpaired) electrons. The van der Waals surface area contributed by atoms with Crippen molar-refractivity contribution in [3.05, 3.63) is 76.9 Å². The predicted octanol–water partition coefficient (Wildman–Crippen LogP) is 4.13. The molecule has 0 amide bonds. The summed E-state index contributed by atoms with van der Waals surface area (Å²) < 4.78 is 0. The lowest BCUT2D eigenvalue weighted by Gasteiger charge is -2.14. The molecular weight excluding hydrogens is 268 g/mol. The second-order valence-electron chi connectivity index (χ2n) is 4.86. The zero-order valence-corrected chi connectivity index (χ0v) is 11.7. The minimum Gasteiger partial charge on any atom is -0.324 e. The Labute approximate surface area is 123 Å². The van der Waals surface area contributed by atoms with Gasteiger partial charge < -0.3 is 5.73 Å². The van der Waals surface area contributed by atoms with Gasteiger partial charge in [0.25, 0.3) is 0 Å². The monoisotopic (exact) mass is 282 g/mol. The van der Waals surface area contributed by atoms with Gasteiger partial charge in [0.05, 0.1) is 5.52 Å². The van der Waals surface area contributed by atoms with Crippen LogP contribution in [0.15, 0.2) is 60.8 Å². The quantitative estimate of drug-likeness (QED) is 0.784. The highest BCUT2D eigenvalue weighted by molar-refractivity contribution is 6.31. The van der Waals surface area contributed by atoms with Crippen LogP contribution in [-0.2, 0) is 6.42 Å². The van der Waals surface area contributed by atoms with E-state index in [1.54, 1.807) is 6.20 Å². The Kier molecular flexibility index (Phi) is 3.68. The summed E-state index contributed by atoms with van der Waals surface area (Å²) in [4.78, 5) is 4.32. The van der Waals surface area contributed by atoms with E-state index in [1.165, 1.54) is 0 Å². The maximum atomic E-state index is 6.31. The van der Waals surface area contributed by atoms with E-state index in [0.717, 1.165) is 33.5 Å². The van der Waals surface area contributed by atoms with Gasteiger partial charge in [0, 0.05) is 22.6 Å². The highest BCUT2D eigenvalue weighted by atomic mass is 35.5. The average molecular weight is 283 g/mol. The standard InChI is InChI=1S/C17H15ClN2/c18-15-6-2-1-4-12(15)11-16(19)13-7-8-17-14(10-13)5-3-9-20-17/h1-10,16H,11,19H2. The molecule has 2 aromatic carbocycles. The normalized spacial score (nSPS) is 12.5. The third-order valence-corrected chi connectivity index (χ3v) is 3.82. The largest absolute Gasteiger partial charge is 0.324 e. The molecule has 100 valence electrons. The van der Waals surface area contributed by atoms with Gasteiger partial charge in [-0.15, -0.1) is 0 Å². The topological polar surface area (TPSA) is 38.9 Å². The Bertz CT molecular complexity index is 740. The van der Waals surface area contributed by atoms with E-state index in [1.807, 2.05) is 48.5 Å². The molecule has 1 unspecified atom stereocenters. The molecule has 20 heavy (non-hydrogen) atoms. The van der Waals surface area contributed by atoms with Crippen molar-refractivity contribution in [2.24, 2.45) is 5.73 Å². The second kappa shape index (κ2) is 5.61. The van der Waals surface area contributed by atoms with E-state index >= 15 is 0 Å². The molecule has 0 bridgehead atoms. The number of hydrogen-bond donors (Lipinski definition) is 1. The van der Waals surface area contributed by atoms with Crippen LogP contribution in [0.1, 0.15) is 17.2 Å². The van der Waals surface area contributed by atoms with Gasteiger partial charge in [0.15, 0.2) is 0 Å². The molecule has 0 fully saturated rings. The lowest BCUT2D eigenvalue weighted by molar-refractivity contribution is 0.723. The molecule has 0 spiro atoms. The van der Waals surface area contributed by atoms with Crippen LogP contribution in [0.5, 0.6) is 0 Å². The van der Waals surface area contributed by atoms with Gasteiger partial charge in [-0.25, -0.2) is 0 Å². The molecular formula is C17H15ClN2. The molecule has 0 aliphatic rings. The molecule has 0 aliphatic carbocycles. The first-order valence-electron chi connectivity index (χ1n) is 6.58. The third-order valence-electron chi connectivity index (χ3n) is 3.45. The van der Waals surface area contributed by atoms with Crippen LogP contribution in [-0.4, -0.2) is 4.98 Å². The van der Waals surface area contributed by atoms with Crippen molar-refractivity contribution in [3.8, 4) is 0 Å². The molecule has 1 heterocycles. The van der Waals surface area contributed by atoms with Gasteiger partial charge in [-0.2, -0.15) is 0 Å². The number of halogens is 1. The van der Waals surface area contributed by atoms with Crippen molar-refractivity contribution in [3.63, 3.8) is 0 Å². The number of aromatic nitrogens is 1. The first-order chi connectivity index (χ1) is 9.74. The SMILES string of the molecule is NC(Cc1ccccc1Cl)c1ccc2ncccc2c1. The number of hydrogen-bond acceptors (Lipinski definition) is 2. The van der Waals surface area contributed by atoms with Crippen LogP contribution in [0.25, 0.3) is 10.9 Å². The highest BCUT2D eigenvalue weighted by Crippen LogP contribution is 2.24. The van der Waals surface area contributed by atoms with Crippen molar-refractivity contribution in [1.82, 2.24) is 4.98 Å². The molecule has 1 atom stereocenters. The molecule has 2 N–H and O–H groups in total. The molecule has 0 saturated carbocycles. The summed E-state index contributed by atoms with van der Waals surface area (Å²) in [6, 6.07) is 17.9. The van der Waals surface area contributed by atoms with Crippen LogP contribution in [0.4, 0.5) is 0 Å². The summed E-state index contributed by atoms with van der Waals surface area (Å²) in [6.45, 7) is 0. The molecule has 3 heteroatoms. The molecule has 2 nitrogen and oxygen atoms in total. The summed E-state index contributed by atoms with van der Waals surface area (Å²) in [5.41, 5.74) is 9.47. The van der Waals surface area contributed by atoms with Gasteiger partial charge in [0.2, 0.25) is 0 Å². The molecule has 0 saturated heterocycles. The van der Waals surface area contributed by atoms with Crippen molar-refractivity contribution >= 4 is 22.5 Å². The minimum absolute atomic E-state index is 0.0699. The first kappa shape index (κ1) is 13.1. The Morgan fingerprint density at radius 3 is 2.75 bits per heavy atom. The van der Waals surface area contributed by atoms with E-state index < -0.39 is 0 Å². The summed E-state index contributed by atoms with van der Waals surface area (Å²) in [5.74, 6) is 0. The zero-order valence-electron chi connectivity index (χ0n) is 11.0. The zero-order chi connectivity index (χ0) is 13.9. The van der Waals surface area contributed by atoms with Crippen molar-refractivity contribution in [1.29, 1.82) is 0 Å². The number of benzene rings is 2. The van der Waals surface area contributed by atoms with Crippen LogP contribution >= 0.6 is 11.6 Å². The van der Waals surface area contributed by atoms with Gasteiger partial charge in [0.1, 0.15) is 0 Å². The van der Waals surface area contributed by atoms with Crippen LogP contribution < -0.4 is 5.73 Å². The summed E-state index contributed by atoms with van der Waals surface area (Å²) in [5, 5.41) is 1.88. The van der Waals surface area contributed by atoms with Gasteiger partial charge in [-0.3, -0.25) is 4.98 Å². The Balaban J connectivity index is 1.89. The fourth-order valence-electron chi connectivity index (χ4n) is 2.34. The van der Waals surface area contributed by atoms with E-state index in [4.69, 9.17) is 17.3 Å². The van der Waals surface area contributed by atoms with Gasteiger partial charge >= 0.3 is 0 Å². The highest BCUT2D eigenvalue weighted by Gasteiger charge is 2.10. The Morgan fingerprint density at radius 2 is 1.90 bits per heavy atom. The Hall–Kier alpha value is -1.90. The smallest absolute Gasteiger partial charge is 0.0702 e. The maximum absolute atomic E-state index is 6.31. The van der Waals surface area contributed by atoms with E-state index in [2.05, 4.69) is 11.1 Å². The fourth-order valence-corrected chi connectivity index (χ4v) is 2.56. The number of nitrogens with two attached hydrogens (primary N) is 1. The van der Waals surface area contributed by atoms with E-state index in [9.17, 15) is 0 Å². The molecule has 3 aromatic rings. The summed E-state index contributed by atoms with van der Waals surface area (Å²) >= 11 is 6.19. The fraction of sp³-hybridized carbons (Fsp3) is 0.118. The maximum Gasteiger partial charge on any atom is 0.0702 e. The minimum atomic E-state index is -0.0699. The van der Waals surface area contributed by atoms with Crippen molar-refractivity contribution in [2.75, 3.05) is 0 Å². The summed E-state index contributed by atoms with van der Waals surface area (Å²) in [7, 11) is 0. The van der Waals surface area contributed by atoms with Gasteiger partial charge in [-0.1, -0.05) is 41.9 Å². The second-order valence-corrected chi connectivity index (χ2v) is 5.26. The number of rotatable bonds is 3. The molecule has 0 aliphatic heterocycles. The number of fused-ring (bicyclic) bond motifs is 1. The lowest BCUT2D eigenvalue weighted by Crippen LogP contribution is -2.13. The first-order valence-corrected chi connectivity index (χ1v) is 6.95. The Morgan fingerprint density at radius 1 is 1.05 bits per heavy atom. The lowest BCUT2D eigenvalue weighted by atomic mass is 9.98. The molecule has 1 aromatic heterocycles. The van der Waals surface area contributed by atoms with Crippen molar-refractivity contribution < 1.29 is 0 Å². The van der Waals surface area contributed by atoms with Crippen LogP contribution in [0.2, 0.25) is 5.02 Å². The third kappa shape index (κ3) is 2.67. The van der Waals surface area contributed by atoms with Gasteiger partial charge in [-0.05, 0) is 41.8 Å².